The molecule has 118 valence electrons. The van der Waals surface area contributed by atoms with Crippen LogP contribution in [0.4, 0.5) is 0 Å². The quantitative estimate of drug-likeness (QED) is 0.667. The van der Waals surface area contributed by atoms with Crippen LogP contribution in [0.15, 0.2) is 40.5 Å². The predicted molar refractivity (Wildman–Crippen MR) is 83.4 cm³/mol. The molecule has 0 saturated heterocycles. The van der Waals surface area contributed by atoms with Gasteiger partial charge < -0.3 is 13.9 Å². The van der Waals surface area contributed by atoms with E-state index in [1.165, 1.54) is 23.7 Å². The molecule has 0 fully saturated rings. The van der Waals surface area contributed by atoms with Gasteiger partial charge in [0, 0.05) is 0 Å². The second kappa shape index (κ2) is 6.62. The molecule has 0 spiro atoms. The van der Waals surface area contributed by atoms with Crippen LogP contribution in [0.5, 0.6) is 0 Å². The predicted octanol–water partition coefficient (Wildman–Crippen LogP) is 3.42. The van der Waals surface area contributed by atoms with E-state index >= 15 is 0 Å². The van der Waals surface area contributed by atoms with Gasteiger partial charge in [-0.25, -0.2) is 14.6 Å². The standard InChI is InChI=1S/C16H13NO5S/c1-2-20-16(19)11-5-6-21-13(11)8-22-15(18)10-3-4-12-14(7-10)23-9-17-12/h3-7,9H,2,8H2,1H3. The lowest BCUT2D eigenvalue weighted by Crippen LogP contribution is -2.09. The molecule has 0 bridgehead atoms. The Bertz CT molecular complexity index is 851. The third-order valence-corrected chi connectivity index (χ3v) is 3.93. The number of rotatable bonds is 5. The number of furan rings is 1. The van der Waals surface area contributed by atoms with Gasteiger partial charge in [-0.3, -0.25) is 0 Å². The van der Waals surface area contributed by atoms with Crippen LogP contribution in [0.3, 0.4) is 0 Å². The zero-order chi connectivity index (χ0) is 16.2. The van der Waals surface area contributed by atoms with Crippen LogP contribution < -0.4 is 0 Å². The van der Waals surface area contributed by atoms with E-state index in [0.717, 1.165) is 10.2 Å². The first-order valence-electron chi connectivity index (χ1n) is 6.93. The topological polar surface area (TPSA) is 78.6 Å². The maximum absolute atomic E-state index is 12.1. The lowest BCUT2D eigenvalue weighted by molar-refractivity contribution is 0.0423. The molecule has 23 heavy (non-hydrogen) atoms. The van der Waals surface area contributed by atoms with E-state index in [-0.39, 0.29) is 24.5 Å². The normalized spacial score (nSPS) is 10.7. The molecule has 3 rings (SSSR count). The smallest absolute Gasteiger partial charge is 0.341 e. The van der Waals surface area contributed by atoms with Gasteiger partial charge in [-0.05, 0) is 31.2 Å². The molecule has 0 saturated carbocycles. The Hall–Kier alpha value is -2.67. The van der Waals surface area contributed by atoms with E-state index in [4.69, 9.17) is 13.9 Å². The second-order valence-corrected chi connectivity index (χ2v) is 5.48. The Morgan fingerprint density at radius 1 is 1.22 bits per heavy atom. The molecule has 0 aliphatic carbocycles. The number of fused-ring (bicyclic) bond motifs is 1. The molecule has 2 aromatic heterocycles. The highest BCUT2D eigenvalue weighted by atomic mass is 32.1. The summed E-state index contributed by atoms with van der Waals surface area (Å²) >= 11 is 1.45. The van der Waals surface area contributed by atoms with Gasteiger partial charge in [-0.15, -0.1) is 11.3 Å². The van der Waals surface area contributed by atoms with E-state index in [0.29, 0.717) is 5.56 Å². The Kier molecular flexibility index (Phi) is 4.38. The van der Waals surface area contributed by atoms with Crippen molar-refractivity contribution in [2.75, 3.05) is 6.61 Å². The molecule has 7 heteroatoms. The number of carbonyl (C=O) groups is 2. The number of thiazole rings is 1. The van der Waals surface area contributed by atoms with Crippen LogP contribution in [-0.2, 0) is 16.1 Å². The fraction of sp³-hybridized carbons (Fsp3) is 0.188. The van der Waals surface area contributed by atoms with E-state index in [1.807, 2.05) is 0 Å². The van der Waals surface area contributed by atoms with Gasteiger partial charge in [0.15, 0.2) is 12.4 Å². The Balaban J connectivity index is 1.69. The van der Waals surface area contributed by atoms with Crippen molar-refractivity contribution in [3.05, 3.63) is 52.9 Å². The molecule has 0 atom stereocenters. The Morgan fingerprint density at radius 3 is 2.91 bits per heavy atom. The van der Waals surface area contributed by atoms with Crippen LogP contribution >= 0.6 is 11.3 Å². The molecule has 0 aliphatic heterocycles. The summed E-state index contributed by atoms with van der Waals surface area (Å²) in [6.45, 7) is 1.84. The van der Waals surface area contributed by atoms with E-state index in [1.54, 1.807) is 30.6 Å². The first-order valence-corrected chi connectivity index (χ1v) is 7.81. The van der Waals surface area contributed by atoms with Crippen molar-refractivity contribution in [3.63, 3.8) is 0 Å². The van der Waals surface area contributed by atoms with E-state index in [2.05, 4.69) is 4.98 Å². The van der Waals surface area contributed by atoms with Gasteiger partial charge in [0.2, 0.25) is 0 Å². The SMILES string of the molecule is CCOC(=O)c1ccoc1COC(=O)c1ccc2ncsc2c1. The monoisotopic (exact) mass is 331 g/mol. The summed E-state index contributed by atoms with van der Waals surface area (Å²) in [5, 5.41) is 0. The van der Waals surface area contributed by atoms with Crippen LogP contribution in [-0.4, -0.2) is 23.5 Å². The van der Waals surface area contributed by atoms with Gasteiger partial charge in [0.1, 0.15) is 5.56 Å². The van der Waals surface area contributed by atoms with Crippen molar-refractivity contribution < 1.29 is 23.5 Å². The molecule has 0 N–H and O–H groups in total. The summed E-state index contributed by atoms with van der Waals surface area (Å²) in [5.74, 6) is -0.736. The zero-order valence-electron chi connectivity index (χ0n) is 12.3. The van der Waals surface area contributed by atoms with Crippen molar-refractivity contribution in [2.45, 2.75) is 13.5 Å². The van der Waals surface area contributed by atoms with Crippen molar-refractivity contribution in [2.24, 2.45) is 0 Å². The van der Waals surface area contributed by atoms with Crippen molar-refractivity contribution >= 4 is 33.5 Å². The van der Waals surface area contributed by atoms with Gasteiger partial charge in [-0.1, -0.05) is 0 Å². The van der Waals surface area contributed by atoms with Crippen LogP contribution in [0.1, 0.15) is 33.4 Å². The van der Waals surface area contributed by atoms with Crippen molar-refractivity contribution in [1.82, 2.24) is 4.98 Å². The van der Waals surface area contributed by atoms with Gasteiger partial charge in [-0.2, -0.15) is 0 Å². The van der Waals surface area contributed by atoms with Crippen LogP contribution in [0, 0.1) is 0 Å². The highest BCUT2D eigenvalue weighted by Crippen LogP contribution is 2.20. The van der Waals surface area contributed by atoms with Gasteiger partial charge in [0.25, 0.3) is 0 Å². The Morgan fingerprint density at radius 2 is 2.09 bits per heavy atom. The molecular formula is C16H13NO5S. The zero-order valence-corrected chi connectivity index (χ0v) is 13.1. The number of esters is 2. The highest BCUT2D eigenvalue weighted by molar-refractivity contribution is 7.16. The van der Waals surface area contributed by atoms with Crippen molar-refractivity contribution in [1.29, 1.82) is 0 Å². The average molecular weight is 331 g/mol. The highest BCUT2D eigenvalue weighted by Gasteiger charge is 2.18. The Labute approximate surface area is 135 Å². The largest absolute Gasteiger partial charge is 0.465 e. The first kappa shape index (κ1) is 15.2. The summed E-state index contributed by atoms with van der Waals surface area (Å²) in [7, 11) is 0. The first-order chi connectivity index (χ1) is 11.2. The minimum Gasteiger partial charge on any atom is -0.465 e. The molecule has 0 aliphatic rings. The number of ether oxygens (including phenoxy) is 2. The number of hydrogen-bond acceptors (Lipinski definition) is 7. The molecular weight excluding hydrogens is 318 g/mol. The minimum atomic E-state index is -0.502. The van der Waals surface area contributed by atoms with Crippen LogP contribution in [0.25, 0.3) is 10.2 Å². The maximum Gasteiger partial charge on any atom is 0.341 e. The summed E-state index contributed by atoms with van der Waals surface area (Å²) in [4.78, 5) is 28.0. The van der Waals surface area contributed by atoms with E-state index < -0.39 is 11.9 Å². The molecule has 0 unspecified atom stereocenters. The average Bonchev–Trinajstić information content (AvgIpc) is 3.20. The molecule has 0 amide bonds. The lowest BCUT2D eigenvalue weighted by Gasteiger charge is -2.05. The summed E-state index contributed by atoms with van der Waals surface area (Å²) < 4.78 is 16.2. The number of hydrogen-bond donors (Lipinski definition) is 0. The number of benzene rings is 1. The molecule has 6 nitrogen and oxygen atoms in total. The summed E-state index contributed by atoms with van der Waals surface area (Å²) in [6, 6.07) is 6.63. The third kappa shape index (κ3) is 3.24. The molecule has 0 radical (unpaired) electrons. The van der Waals surface area contributed by atoms with E-state index in [9.17, 15) is 9.59 Å². The van der Waals surface area contributed by atoms with Crippen LogP contribution in [0.2, 0.25) is 0 Å². The minimum absolute atomic E-state index is 0.138. The second-order valence-electron chi connectivity index (χ2n) is 4.59. The maximum atomic E-state index is 12.1. The van der Waals surface area contributed by atoms with Crippen molar-refractivity contribution in [3.8, 4) is 0 Å². The number of carbonyl (C=O) groups excluding carboxylic acids is 2. The third-order valence-electron chi connectivity index (χ3n) is 3.14. The summed E-state index contributed by atoms with van der Waals surface area (Å²) in [6.07, 6.45) is 1.36. The molecule has 1 aromatic carbocycles. The van der Waals surface area contributed by atoms with Gasteiger partial charge >= 0.3 is 11.9 Å². The fourth-order valence-corrected chi connectivity index (χ4v) is 2.76. The molecule has 3 aromatic rings. The molecule has 2 heterocycles. The fourth-order valence-electron chi connectivity index (χ4n) is 2.04. The lowest BCUT2D eigenvalue weighted by atomic mass is 10.2. The summed E-state index contributed by atoms with van der Waals surface area (Å²) in [5.41, 5.74) is 3.24. The number of aromatic nitrogens is 1. The number of nitrogens with zero attached hydrogens (tertiary/aromatic N) is 1. The van der Waals surface area contributed by atoms with Gasteiger partial charge in [0.05, 0.1) is 34.2 Å².